The summed E-state index contributed by atoms with van der Waals surface area (Å²) in [7, 11) is -2.08. The fraction of sp³-hybridized carbons (Fsp3) is 0.318. The molecule has 0 bridgehead atoms. The Kier molecular flexibility index (Phi) is 5.88. The predicted octanol–water partition coefficient (Wildman–Crippen LogP) is 3.77. The van der Waals surface area contributed by atoms with E-state index in [0.717, 1.165) is 35.6 Å². The lowest BCUT2D eigenvalue weighted by Crippen LogP contribution is -2.31. The minimum Gasteiger partial charge on any atom is -0.497 e. The smallest absolute Gasteiger partial charge is 0.243 e. The average Bonchev–Trinajstić information content (AvgIpc) is 3.24. The van der Waals surface area contributed by atoms with E-state index in [1.165, 1.54) is 4.31 Å². The van der Waals surface area contributed by atoms with Crippen LogP contribution < -0.4 is 10.1 Å². The van der Waals surface area contributed by atoms with E-state index in [2.05, 4.69) is 20.3 Å². The molecule has 0 spiro atoms. The summed E-state index contributed by atoms with van der Waals surface area (Å²) in [5.74, 6) is 1.13. The van der Waals surface area contributed by atoms with E-state index in [9.17, 15) is 8.42 Å². The highest BCUT2D eigenvalue weighted by Gasteiger charge is 2.36. The van der Waals surface area contributed by atoms with Crippen LogP contribution in [0.2, 0.25) is 0 Å². The molecule has 1 atom stereocenters. The Morgan fingerprint density at radius 1 is 1.06 bits per heavy atom. The molecule has 0 unspecified atom stereocenters. The zero-order valence-electron chi connectivity index (χ0n) is 17.7. The first-order chi connectivity index (χ1) is 14.9. The van der Waals surface area contributed by atoms with Crippen molar-refractivity contribution < 1.29 is 13.2 Å². The van der Waals surface area contributed by atoms with E-state index < -0.39 is 10.0 Å². The highest BCUT2D eigenvalue weighted by molar-refractivity contribution is 7.89. The zero-order chi connectivity index (χ0) is 22.0. The molecule has 1 saturated heterocycles. The Bertz CT molecular complexity index is 1140. The lowest BCUT2D eigenvalue weighted by Gasteiger charge is -2.24. The van der Waals surface area contributed by atoms with Crippen LogP contribution in [-0.4, -0.2) is 41.3 Å². The lowest BCUT2D eigenvalue weighted by molar-refractivity contribution is 0.390. The van der Waals surface area contributed by atoms with Crippen LogP contribution in [0.25, 0.3) is 0 Å². The zero-order valence-corrected chi connectivity index (χ0v) is 18.6. The summed E-state index contributed by atoms with van der Waals surface area (Å²) in [5, 5.41) is 3.15. The van der Waals surface area contributed by atoms with Gasteiger partial charge in [-0.3, -0.25) is 4.98 Å². The number of sulfonamides is 1. The van der Waals surface area contributed by atoms with Crippen LogP contribution in [0.1, 0.15) is 36.0 Å². The third-order valence-electron chi connectivity index (χ3n) is 5.24. The van der Waals surface area contributed by atoms with Gasteiger partial charge in [-0.2, -0.15) is 4.31 Å². The maximum atomic E-state index is 13.2. The van der Waals surface area contributed by atoms with Gasteiger partial charge in [-0.15, -0.1) is 0 Å². The van der Waals surface area contributed by atoms with Crippen molar-refractivity contribution in [2.75, 3.05) is 19.0 Å². The molecule has 1 N–H and O–H groups in total. The molecular formula is C22H25N5O3S. The standard InChI is InChI=1S/C22H25N5O3S/c1-15-13-16(2)25-22(24-15)26-17-6-11-20(23-14-17)21-5-4-12-27(21)31(28,29)19-9-7-18(30-3)8-10-19/h6-11,13-14,21H,4-5,12H2,1-3H3,(H,24,25,26)/t21-/m1/s1. The van der Waals surface area contributed by atoms with Crippen LogP contribution in [0.4, 0.5) is 11.6 Å². The molecule has 1 aliphatic heterocycles. The van der Waals surface area contributed by atoms with Crippen LogP contribution in [0.5, 0.6) is 5.75 Å². The van der Waals surface area contributed by atoms with Crippen LogP contribution in [0.3, 0.4) is 0 Å². The van der Waals surface area contributed by atoms with Gasteiger partial charge in [-0.05, 0) is 69.2 Å². The molecule has 162 valence electrons. The van der Waals surface area contributed by atoms with E-state index >= 15 is 0 Å². The summed E-state index contributed by atoms with van der Waals surface area (Å²) < 4.78 is 33.1. The van der Waals surface area contributed by atoms with Crippen molar-refractivity contribution in [3.05, 3.63) is 65.7 Å². The highest BCUT2D eigenvalue weighted by atomic mass is 32.2. The van der Waals surface area contributed by atoms with Gasteiger partial charge in [0.15, 0.2) is 0 Å². The number of rotatable bonds is 6. The number of pyridine rings is 1. The molecule has 3 aromatic rings. The summed E-state index contributed by atoms with van der Waals surface area (Å²) >= 11 is 0. The number of hydrogen-bond acceptors (Lipinski definition) is 7. The van der Waals surface area contributed by atoms with E-state index in [4.69, 9.17) is 4.74 Å². The second-order valence-electron chi connectivity index (χ2n) is 7.52. The summed E-state index contributed by atoms with van der Waals surface area (Å²) in [6.45, 7) is 4.30. The summed E-state index contributed by atoms with van der Waals surface area (Å²) in [6.07, 6.45) is 3.21. The molecule has 0 aliphatic carbocycles. The van der Waals surface area contributed by atoms with Crippen molar-refractivity contribution in [1.29, 1.82) is 0 Å². The van der Waals surface area contributed by atoms with Gasteiger partial charge in [-0.25, -0.2) is 18.4 Å². The number of anilines is 2. The minimum atomic E-state index is -3.63. The van der Waals surface area contributed by atoms with Gasteiger partial charge in [0.05, 0.1) is 35.6 Å². The maximum Gasteiger partial charge on any atom is 0.243 e. The molecule has 9 heteroatoms. The molecule has 0 radical (unpaired) electrons. The van der Waals surface area contributed by atoms with Gasteiger partial charge in [0.25, 0.3) is 0 Å². The van der Waals surface area contributed by atoms with Crippen molar-refractivity contribution in [1.82, 2.24) is 19.3 Å². The molecule has 8 nitrogen and oxygen atoms in total. The van der Waals surface area contributed by atoms with E-state index in [-0.39, 0.29) is 10.9 Å². The fourth-order valence-electron chi connectivity index (χ4n) is 3.79. The maximum absolute atomic E-state index is 13.2. The molecule has 1 aliphatic rings. The number of aromatic nitrogens is 3. The Morgan fingerprint density at radius 2 is 1.77 bits per heavy atom. The number of nitrogens with one attached hydrogen (secondary N) is 1. The Labute approximate surface area is 182 Å². The van der Waals surface area contributed by atoms with Crippen molar-refractivity contribution in [3.63, 3.8) is 0 Å². The number of ether oxygens (including phenoxy) is 1. The Balaban J connectivity index is 1.54. The largest absolute Gasteiger partial charge is 0.497 e. The Hall–Kier alpha value is -3.04. The van der Waals surface area contributed by atoms with E-state index in [1.54, 1.807) is 37.6 Å². The van der Waals surface area contributed by atoms with Gasteiger partial charge >= 0.3 is 0 Å². The summed E-state index contributed by atoms with van der Waals surface area (Å²) in [6, 6.07) is 11.8. The lowest BCUT2D eigenvalue weighted by atomic mass is 10.1. The summed E-state index contributed by atoms with van der Waals surface area (Å²) in [4.78, 5) is 13.5. The number of nitrogens with zero attached hydrogens (tertiary/aromatic N) is 4. The van der Waals surface area contributed by atoms with Gasteiger partial charge in [0, 0.05) is 17.9 Å². The second-order valence-corrected chi connectivity index (χ2v) is 9.41. The average molecular weight is 440 g/mol. The van der Waals surface area contributed by atoms with Crippen LogP contribution >= 0.6 is 0 Å². The van der Waals surface area contributed by atoms with Crippen LogP contribution in [0, 0.1) is 13.8 Å². The molecule has 0 saturated carbocycles. The first-order valence-corrected chi connectivity index (χ1v) is 11.5. The first kappa shape index (κ1) is 21.2. The predicted molar refractivity (Wildman–Crippen MR) is 118 cm³/mol. The molecule has 2 aromatic heterocycles. The first-order valence-electron chi connectivity index (χ1n) is 10.1. The topological polar surface area (TPSA) is 97.3 Å². The number of hydrogen-bond donors (Lipinski definition) is 1. The van der Waals surface area contributed by atoms with Crippen LogP contribution in [0.15, 0.2) is 53.6 Å². The third-order valence-corrected chi connectivity index (χ3v) is 7.16. The molecule has 0 amide bonds. The van der Waals surface area contributed by atoms with E-state index in [1.807, 2.05) is 32.0 Å². The van der Waals surface area contributed by atoms with Crippen LogP contribution in [-0.2, 0) is 10.0 Å². The number of benzene rings is 1. The molecule has 3 heterocycles. The SMILES string of the molecule is COc1ccc(S(=O)(=O)N2CCC[C@@H]2c2ccc(Nc3nc(C)cc(C)n3)cn2)cc1. The van der Waals surface area contributed by atoms with Crippen molar-refractivity contribution in [3.8, 4) is 5.75 Å². The molecular weight excluding hydrogens is 414 g/mol. The minimum absolute atomic E-state index is 0.255. The van der Waals surface area contributed by atoms with Crippen molar-refractivity contribution >= 4 is 21.7 Å². The van der Waals surface area contributed by atoms with E-state index in [0.29, 0.717) is 18.2 Å². The normalized spacial score (nSPS) is 16.9. The summed E-state index contributed by atoms with van der Waals surface area (Å²) in [5.41, 5.74) is 3.23. The number of aryl methyl sites for hydroxylation is 2. The number of methoxy groups -OCH3 is 1. The molecule has 1 aromatic carbocycles. The van der Waals surface area contributed by atoms with Gasteiger partial charge in [0.2, 0.25) is 16.0 Å². The molecule has 31 heavy (non-hydrogen) atoms. The quantitative estimate of drug-likeness (QED) is 0.624. The van der Waals surface area contributed by atoms with Gasteiger partial charge in [0.1, 0.15) is 5.75 Å². The Morgan fingerprint density at radius 3 is 2.39 bits per heavy atom. The molecule has 1 fully saturated rings. The van der Waals surface area contributed by atoms with Crippen molar-refractivity contribution in [2.45, 2.75) is 37.6 Å². The fourth-order valence-corrected chi connectivity index (χ4v) is 5.46. The van der Waals surface area contributed by atoms with Gasteiger partial charge < -0.3 is 10.1 Å². The highest BCUT2D eigenvalue weighted by Crippen LogP contribution is 2.36. The monoisotopic (exact) mass is 439 g/mol. The van der Waals surface area contributed by atoms with Gasteiger partial charge in [-0.1, -0.05) is 0 Å². The molecule has 4 rings (SSSR count). The second kappa shape index (κ2) is 8.60. The van der Waals surface area contributed by atoms with Crippen molar-refractivity contribution in [2.24, 2.45) is 0 Å². The third kappa shape index (κ3) is 4.52.